The first-order chi connectivity index (χ1) is 11.0. The topological polar surface area (TPSA) is 36.1 Å². The second kappa shape index (κ2) is 6.29. The van der Waals surface area contributed by atoms with Gasteiger partial charge < -0.3 is 0 Å². The van der Waals surface area contributed by atoms with Gasteiger partial charge in [0.2, 0.25) is 0 Å². The minimum Gasteiger partial charge on any atom is -0.241 e. The summed E-state index contributed by atoms with van der Waals surface area (Å²) in [6, 6.07) is 6.83. The normalized spacial score (nSPS) is 14.5. The van der Waals surface area contributed by atoms with Crippen molar-refractivity contribution in [2.24, 2.45) is 4.99 Å². The maximum atomic E-state index is 9.57. The highest BCUT2D eigenvalue weighted by atomic mass is 32.1. The van der Waals surface area contributed by atoms with Crippen molar-refractivity contribution in [1.82, 2.24) is 0 Å². The van der Waals surface area contributed by atoms with Crippen molar-refractivity contribution >= 4 is 22.0 Å². The summed E-state index contributed by atoms with van der Waals surface area (Å²) >= 11 is 1.71. The zero-order valence-corrected chi connectivity index (χ0v) is 15.1. The third-order valence-electron chi connectivity index (χ3n) is 4.76. The van der Waals surface area contributed by atoms with Crippen LogP contribution in [0.2, 0.25) is 0 Å². The molecule has 1 aliphatic carbocycles. The first-order valence-electron chi connectivity index (χ1n) is 8.19. The van der Waals surface area contributed by atoms with Gasteiger partial charge in [-0.15, -0.1) is 11.3 Å². The van der Waals surface area contributed by atoms with Crippen LogP contribution in [0.5, 0.6) is 0 Å². The summed E-state index contributed by atoms with van der Waals surface area (Å²) in [5.41, 5.74) is 8.09. The molecule has 0 unspecified atom stereocenters. The third kappa shape index (κ3) is 2.96. The van der Waals surface area contributed by atoms with E-state index in [2.05, 4.69) is 45.9 Å². The predicted octanol–water partition coefficient (Wildman–Crippen LogP) is 5.56. The molecule has 1 aromatic carbocycles. The maximum Gasteiger partial charge on any atom is 0.134 e. The quantitative estimate of drug-likeness (QED) is 0.666. The lowest BCUT2D eigenvalue weighted by molar-refractivity contribution is 0.696. The molecule has 0 fully saturated rings. The number of hydrogen-bond donors (Lipinski definition) is 0. The monoisotopic (exact) mass is 322 g/mol. The molecule has 0 saturated heterocycles. The van der Waals surface area contributed by atoms with Crippen molar-refractivity contribution in [2.45, 2.75) is 53.4 Å². The fourth-order valence-corrected chi connectivity index (χ4v) is 4.57. The first-order valence-corrected chi connectivity index (χ1v) is 9.01. The van der Waals surface area contributed by atoms with Crippen molar-refractivity contribution in [3.8, 4) is 6.07 Å². The van der Waals surface area contributed by atoms with Gasteiger partial charge in [0, 0.05) is 10.6 Å². The highest BCUT2D eigenvalue weighted by Gasteiger charge is 2.20. The van der Waals surface area contributed by atoms with Gasteiger partial charge in [-0.3, -0.25) is 0 Å². The summed E-state index contributed by atoms with van der Waals surface area (Å²) in [6.45, 7) is 8.46. The van der Waals surface area contributed by atoms with Gasteiger partial charge in [0.15, 0.2) is 0 Å². The van der Waals surface area contributed by atoms with Crippen LogP contribution in [-0.2, 0) is 12.8 Å². The highest BCUT2D eigenvalue weighted by Crippen LogP contribution is 2.39. The molecule has 1 aliphatic rings. The minimum absolute atomic E-state index is 0.811. The van der Waals surface area contributed by atoms with Gasteiger partial charge in [-0.25, -0.2) is 4.99 Å². The molecule has 0 atom stereocenters. The van der Waals surface area contributed by atoms with E-state index >= 15 is 0 Å². The Morgan fingerprint density at radius 2 is 1.78 bits per heavy atom. The zero-order chi connectivity index (χ0) is 16.6. The predicted molar refractivity (Wildman–Crippen MR) is 98.2 cm³/mol. The minimum atomic E-state index is 0.811. The number of aryl methyl sites for hydroxylation is 4. The Bertz CT molecular complexity index is 834. The number of nitriles is 1. The molecule has 2 nitrogen and oxygen atoms in total. The van der Waals surface area contributed by atoms with Crippen molar-refractivity contribution in [2.75, 3.05) is 0 Å². The third-order valence-corrected chi connectivity index (χ3v) is 5.95. The molecule has 3 heteroatoms. The highest BCUT2D eigenvalue weighted by molar-refractivity contribution is 7.16. The Labute approximate surface area is 142 Å². The summed E-state index contributed by atoms with van der Waals surface area (Å²) < 4.78 is 0. The zero-order valence-electron chi connectivity index (χ0n) is 14.3. The van der Waals surface area contributed by atoms with Crippen LogP contribution in [0.4, 0.5) is 5.00 Å². The van der Waals surface area contributed by atoms with Gasteiger partial charge in [0.25, 0.3) is 0 Å². The van der Waals surface area contributed by atoms with Gasteiger partial charge in [0.1, 0.15) is 11.1 Å². The Balaban J connectivity index is 2.07. The van der Waals surface area contributed by atoms with Gasteiger partial charge in [-0.1, -0.05) is 6.07 Å². The van der Waals surface area contributed by atoms with E-state index in [9.17, 15) is 5.26 Å². The number of fused-ring (bicyclic) bond motifs is 1. The van der Waals surface area contributed by atoms with E-state index < -0.39 is 0 Å². The summed E-state index contributed by atoms with van der Waals surface area (Å²) in [5.74, 6) is 0. The molecule has 23 heavy (non-hydrogen) atoms. The van der Waals surface area contributed by atoms with E-state index in [0.29, 0.717) is 0 Å². The van der Waals surface area contributed by atoms with Crippen LogP contribution in [0.1, 0.15) is 58.0 Å². The van der Waals surface area contributed by atoms with Crippen molar-refractivity contribution in [1.29, 1.82) is 5.26 Å². The Morgan fingerprint density at radius 1 is 1.09 bits per heavy atom. The van der Waals surface area contributed by atoms with Crippen LogP contribution in [0.15, 0.2) is 17.1 Å². The molecule has 0 bridgehead atoms. The van der Waals surface area contributed by atoms with Gasteiger partial charge in [-0.05, 0) is 87.3 Å². The van der Waals surface area contributed by atoms with Gasteiger partial charge in [-0.2, -0.15) is 5.26 Å². The van der Waals surface area contributed by atoms with Gasteiger partial charge >= 0.3 is 0 Å². The number of aliphatic imine (C=N–C) groups is 1. The lowest BCUT2D eigenvalue weighted by atomic mass is 9.96. The SMILES string of the molecule is CC(=Nc1sc2c(c1C#N)CCCC2)c1cc(C)c(C)cc1C. The maximum absolute atomic E-state index is 9.57. The lowest BCUT2D eigenvalue weighted by Gasteiger charge is -2.10. The van der Waals surface area contributed by atoms with Crippen molar-refractivity contribution in [3.05, 3.63) is 50.4 Å². The first kappa shape index (κ1) is 16.0. The summed E-state index contributed by atoms with van der Waals surface area (Å²) in [5, 5.41) is 10.5. The molecule has 2 aromatic rings. The molecule has 0 aliphatic heterocycles. The molecule has 0 spiro atoms. The van der Waals surface area contributed by atoms with E-state index in [-0.39, 0.29) is 0 Å². The lowest BCUT2D eigenvalue weighted by Crippen LogP contribution is -2.00. The molecular formula is C20H22N2S. The van der Waals surface area contributed by atoms with Crippen LogP contribution < -0.4 is 0 Å². The molecule has 1 aromatic heterocycles. The molecule has 0 N–H and O–H groups in total. The Morgan fingerprint density at radius 3 is 2.52 bits per heavy atom. The second-order valence-corrected chi connectivity index (χ2v) is 7.54. The fourth-order valence-electron chi connectivity index (χ4n) is 3.31. The van der Waals surface area contributed by atoms with E-state index in [1.165, 1.54) is 45.5 Å². The van der Waals surface area contributed by atoms with Crippen LogP contribution in [0.25, 0.3) is 0 Å². The van der Waals surface area contributed by atoms with Gasteiger partial charge in [0.05, 0.1) is 5.56 Å². The number of hydrogen-bond acceptors (Lipinski definition) is 3. The summed E-state index contributed by atoms with van der Waals surface area (Å²) in [7, 11) is 0. The summed E-state index contributed by atoms with van der Waals surface area (Å²) in [4.78, 5) is 6.22. The number of nitrogens with zero attached hydrogens (tertiary/aromatic N) is 2. The molecule has 0 amide bonds. The number of rotatable bonds is 2. The number of benzene rings is 1. The van der Waals surface area contributed by atoms with Crippen LogP contribution in [0, 0.1) is 32.1 Å². The van der Waals surface area contributed by atoms with Crippen molar-refractivity contribution < 1.29 is 0 Å². The van der Waals surface area contributed by atoms with Crippen LogP contribution >= 0.6 is 11.3 Å². The largest absolute Gasteiger partial charge is 0.241 e. The standard InChI is InChI=1S/C20H22N2S/c1-12-9-14(3)17(10-13(12)2)15(4)22-20-18(11-21)16-7-5-6-8-19(16)23-20/h9-10H,5-8H2,1-4H3. The molecular weight excluding hydrogens is 300 g/mol. The molecule has 3 rings (SSSR count). The summed E-state index contributed by atoms with van der Waals surface area (Å²) in [6.07, 6.45) is 4.56. The van der Waals surface area contributed by atoms with Crippen LogP contribution in [-0.4, -0.2) is 5.71 Å². The second-order valence-electron chi connectivity index (χ2n) is 6.45. The van der Waals surface area contributed by atoms with Crippen molar-refractivity contribution in [3.63, 3.8) is 0 Å². The van der Waals surface area contributed by atoms with E-state index in [1.807, 2.05) is 0 Å². The van der Waals surface area contributed by atoms with E-state index in [4.69, 9.17) is 4.99 Å². The molecule has 1 heterocycles. The Kier molecular flexibility index (Phi) is 4.37. The average molecular weight is 322 g/mol. The average Bonchev–Trinajstić information content (AvgIpc) is 2.87. The number of thiophene rings is 1. The fraction of sp³-hybridized carbons (Fsp3) is 0.400. The van der Waals surface area contributed by atoms with E-state index in [1.54, 1.807) is 11.3 Å². The molecule has 0 saturated carbocycles. The van der Waals surface area contributed by atoms with Crippen LogP contribution in [0.3, 0.4) is 0 Å². The smallest absolute Gasteiger partial charge is 0.134 e. The molecule has 118 valence electrons. The molecule has 0 radical (unpaired) electrons. The Hall–Kier alpha value is -1.92. The van der Waals surface area contributed by atoms with E-state index in [0.717, 1.165) is 29.1 Å².